The van der Waals surface area contributed by atoms with E-state index >= 15 is 0 Å². The van der Waals surface area contributed by atoms with Crippen LogP contribution >= 0.6 is 0 Å². The number of anilines is 1. The Morgan fingerprint density at radius 1 is 1.00 bits per heavy atom. The van der Waals surface area contributed by atoms with E-state index < -0.39 is 5.91 Å². The van der Waals surface area contributed by atoms with E-state index in [4.69, 9.17) is 0 Å². The molecule has 0 atom stereocenters. The molecule has 142 valence electrons. The molecule has 0 bridgehead atoms. The van der Waals surface area contributed by atoms with Gasteiger partial charge < -0.3 is 4.98 Å². The van der Waals surface area contributed by atoms with Crippen molar-refractivity contribution in [2.75, 3.05) is 5.43 Å². The Hall–Kier alpha value is -4.27. The first-order valence-electron chi connectivity index (χ1n) is 8.77. The molecule has 0 aliphatic carbocycles. The van der Waals surface area contributed by atoms with Crippen LogP contribution in [0.5, 0.6) is 0 Å². The van der Waals surface area contributed by atoms with Crippen LogP contribution in [0.4, 0.5) is 10.1 Å². The summed E-state index contributed by atoms with van der Waals surface area (Å²) in [5.74, 6) is -0.641. The van der Waals surface area contributed by atoms with Gasteiger partial charge in [-0.3, -0.25) is 25.7 Å². The molecule has 29 heavy (non-hydrogen) atoms. The number of halogens is 1. The van der Waals surface area contributed by atoms with E-state index in [0.717, 1.165) is 22.2 Å². The number of hydrogen-bond acceptors (Lipinski definition) is 5. The summed E-state index contributed by atoms with van der Waals surface area (Å²) in [6, 6.07) is 13.1. The number of pyridine rings is 1. The van der Waals surface area contributed by atoms with Crippen LogP contribution in [0.25, 0.3) is 33.2 Å². The number of carbonyl (C=O) groups excluding carboxylic acids is 1. The number of nitrogens with one attached hydrogen (secondary N) is 4. The second-order valence-corrected chi connectivity index (χ2v) is 6.39. The fourth-order valence-electron chi connectivity index (χ4n) is 3.08. The van der Waals surface area contributed by atoms with Crippen molar-refractivity contribution in [3.63, 3.8) is 0 Å². The molecule has 3 heterocycles. The minimum Gasteiger partial charge on any atom is -0.334 e. The quantitative estimate of drug-likeness (QED) is 0.353. The lowest BCUT2D eigenvalue weighted by molar-refractivity contribution is 0.0953. The number of benzene rings is 2. The van der Waals surface area contributed by atoms with Gasteiger partial charge >= 0.3 is 5.91 Å². The summed E-state index contributed by atoms with van der Waals surface area (Å²) in [6.45, 7) is 0. The SMILES string of the molecule is O=C(NNc1ccc(F)cc1)c1nc2cc3c(-c4ccncc4)n[nH]c3cc2[nH]1. The maximum absolute atomic E-state index is 13.0. The highest BCUT2D eigenvalue weighted by Gasteiger charge is 2.15. The molecule has 3 aromatic heterocycles. The van der Waals surface area contributed by atoms with E-state index in [-0.39, 0.29) is 11.6 Å². The molecule has 4 N–H and O–H groups in total. The molecule has 1 amide bonds. The van der Waals surface area contributed by atoms with E-state index in [1.807, 2.05) is 24.3 Å². The normalized spacial score (nSPS) is 11.1. The topological polar surface area (TPSA) is 111 Å². The Morgan fingerprint density at radius 3 is 2.59 bits per heavy atom. The second-order valence-electron chi connectivity index (χ2n) is 6.39. The van der Waals surface area contributed by atoms with Crippen LogP contribution in [0.3, 0.4) is 0 Å². The van der Waals surface area contributed by atoms with Gasteiger partial charge in [-0.2, -0.15) is 5.10 Å². The summed E-state index contributed by atoms with van der Waals surface area (Å²) in [4.78, 5) is 23.8. The molecule has 5 aromatic rings. The Morgan fingerprint density at radius 2 is 1.79 bits per heavy atom. The molecule has 0 saturated heterocycles. The second kappa shape index (κ2) is 6.71. The number of fused-ring (bicyclic) bond motifs is 2. The molecule has 0 unspecified atom stereocenters. The largest absolute Gasteiger partial charge is 0.334 e. The highest BCUT2D eigenvalue weighted by molar-refractivity contribution is 6.02. The van der Waals surface area contributed by atoms with Crippen molar-refractivity contribution in [3.05, 3.63) is 72.6 Å². The van der Waals surface area contributed by atoms with Crippen LogP contribution in [-0.4, -0.2) is 31.1 Å². The van der Waals surface area contributed by atoms with Crippen molar-refractivity contribution in [2.45, 2.75) is 0 Å². The van der Waals surface area contributed by atoms with Crippen molar-refractivity contribution >= 4 is 33.5 Å². The summed E-state index contributed by atoms with van der Waals surface area (Å²) in [6.07, 6.45) is 3.42. The number of rotatable bonds is 4. The van der Waals surface area contributed by atoms with Crippen LogP contribution in [0.2, 0.25) is 0 Å². The maximum Gasteiger partial charge on any atom is 0.305 e. The molecule has 0 saturated carbocycles. The molecular weight excluding hydrogens is 373 g/mol. The van der Waals surface area contributed by atoms with Gasteiger partial charge in [0.25, 0.3) is 0 Å². The molecule has 5 rings (SSSR count). The van der Waals surface area contributed by atoms with E-state index in [0.29, 0.717) is 16.7 Å². The monoisotopic (exact) mass is 387 g/mol. The van der Waals surface area contributed by atoms with Gasteiger partial charge in [0.1, 0.15) is 11.5 Å². The molecule has 9 heteroatoms. The number of H-pyrrole nitrogens is 2. The van der Waals surface area contributed by atoms with Gasteiger partial charge in [0, 0.05) is 23.3 Å². The van der Waals surface area contributed by atoms with E-state index in [1.54, 1.807) is 12.4 Å². The molecule has 2 aromatic carbocycles. The first-order valence-corrected chi connectivity index (χ1v) is 8.77. The Balaban J connectivity index is 1.43. The Labute approximate surface area is 163 Å². The number of amides is 1. The molecular formula is C20H14FN7O. The average Bonchev–Trinajstić information content (AvgIpc) is 3.35. The van der Waals surface area contributed by atoms with Crippen molar-refractivity contribution in [3.8, 4) is 11.3 Å². The van der Waals surface area contributed by atoms with Gasteiger partial charge in [0.2, 0.25) is 0 Å². The van der Waals surface area contributed by atoms with Gasteiger partial charge in [-0.15, -0.1) is 0 Å². The number of hydrogen-bond donors (Lipinski definition) is 4. The van der Waals surface area contributed by atoms with E-state index in [1.165, 1.54) is 24.3 Å². The van der Waals surface area contributed by atoms with Crippen molar-refractivity contribution in [1.29, 1.82) is 0 Å². The summed E-state index contributed by atoms with van der Waals surface area (Å²) < 4.78 is 13.0. The molecule has 0 spiro atoms. The van der Waals surface area contributed by atoms with Gasteiger partial charge in [0.05, 0.1) is 22.2 Å². The smallest absolute Gasteiger partial charge is 0.305 e. The third-order valence-electron chi connectivity index (χ3n) is 4.50. The van der Waals surface area contributed by atoms with Gasteiger partial charge in [0.15, 0.2) is 5.82 Å². The highest BCUT2D eigenvalue weighted by Crippen LogP contribution is 2.28. The van der Waals surface area contributed by atoms with Crippen molar-refractivity contribution in [1.82, 2.24) is 30.6 Å². The van der Waals surface area contributed by atoms with Crippen LogP contribution in [0.15, 0.2) is 60.9 Å². The third-order valence-corrected chi connectivity index (χ3v) is 4.50. The van der Waals surface area contributed by atoms with Crippen LogP contribution < -0.4 is 10.9 Å². The standard InChI is InChI=1S/C20H14FN7O/c21-12-1-3-13(4-2-12)25-28-20(29)19-23-16-9-14-15(10-17(16)24-19)26-27-18(14)11-5-7-22-8-6-11/h1-10,25H,(H,23,24)(H,26,27)(H,28,29). The molecule has 0 radical (unpaired) electrons. The lowest BCUT2D eigenvalue weighted by Gasteiger charge is -2.06. The lowest BCUT2D eigenvalue weighted by atomic mass is 10.1. The van der Waals surface area contributed by atoms with Crippen LogP contribution in [0, 0.1) is 5.82 Å². The zero-order valence-electron chi connectivity index (χ0n) is 14.9. The fraction of sp³-hybridized carbons (Fsp3) is 0. The first kappa shape index (κ1) is 16.9. The predicted molar refractivity (Wildman–Crippen MR) is 106 cm³/mol. The van der Waals surface area contributed by atoms with Gasteiger partial charge in [-0.25, -0.2) is 9.37 Å². The minimum atomic E-state index is -0.443. The number of aromatic amines is 2. The zero-order valence-corrected chi connectivity index (χ0v) is 14.9. The summed E-state index contributed by atoms with van der Waals surface area (Å²) in [5.41, 5.74) is 9.70. The minimum absolute atomic E-state index is 0.153. The van der Waals surface area contributed by atoms with E-state index in [2.05, 4.69) is 36.0 Å². The van der Waals surface area contributed by atoms with E-state index in [9.17, 15) is 9.18 Å². The van der Waals surface area contributed by atoms with Crippen molar-refractivity contribution < 1.29 is 9.18 Å². The molecule has 8 nitrogen and oxygen atoms in total. The molecule has 0 aliphatic heterocycles. The number of imidazole rings is 1. The summed E-state index contributed by atoms with van der Waals surface area (Å²) in [5, 5.41) is 8.29. The third kappa shape index (κ3) is 3.14. The molecule has 0 aliphatic rings. The van der Waals surface area contributed by atoms with Gasteiger partial charge in [-0.05, 0) is 48.5 Å². The van der Waals surface area contributed by atoms with Crippen LogP contribution in [0.1, 0.15) is 10.6 Å². The van der Waals surface area contributed by atoms with Crippen LogP contribution in [-0.2, 0) is 0 Å². The number of hydrazine groups is 1. The van der Waals surface area contributed by atoms with Crippen molar-refractivity contribution in [2.24, 2.45) is 0 Å². The Bertz CT molecular complexity index is 1330. The lowest BCUT2D eigenvalue weighted by Crippen LogP contribution is -2.30. The average molecular weight is 387 g/mol. The summed E-state index contributed by atoms with van der Waals surface area (Å²) >= 11 is 0. The first-order chi connectivity index (χ1) is 14.2. The number of nitrogens with zero attached hydrogens (tertiary/aromatic N) is 3. The predicted octanol–water partition coefficient (Wildman–Crippen LogP) is 3.40. The fourth-order valence-corrected chi connectivity index (χ4v) is 3.08. The highest BCUT2D eigenvalue weighted by atomic mass is 19.1. The zero-order chi connectivity index (χ0) is 19.8. The Kier molecular flexibility index (Phi) is 3.91. The number of aromatic nitrogens is 5. The van der Waals surface area contributed by atoms with Gasteiger partial charge in [-0.1, -0.05) is 0 Å². The maximum atomic E-state index is 13.0. The molecule has 0 fully saturated rings. The summed E-state index contributed by atoms with van der Waals surface area (Å²) in [7, 11) is 0. The number of carbonyl (C=O) groups is 1.